The fourth-order valence-corrected chi connectivity index (χ4v) is 2.68. The third kappa shape index (κ3) is 6.10. The molecule has 0 aliphatic rings. The predicted molar refractivity (Wildman–Crippen MR) is 116 cm³/mol. The van der Waals surface area contributed by atoms with Gasteiger partial charge in [0.15, 0.2) is 0 Å². The zero-order valence-corrected chi connectivity index (χ0v) is 17.0. The topological polar surface area (TPSA) is 69.2 Å². The van der Waals surface area contributed by atoms with Gasteiger partial charge in [-0.25, -0.2) is 5.43 Å². The van der Waals surface area contributed by atoms with Crippen molar-refractivity contribution in [3.63, 3.8) is 0 Å². The molecule has 0 atom stereocenters. The number of nitrogens with one attached hydrogen (secondary N) is 1. The summed E-state index contributed by atoms with van der Waals surface area (Å²) in [5.74, 6) is 1.96. The molecule has 3 rings (SSSR count). The van der Waals surface area contributed by atoms with Gasteiger partial charge in [-0.1, -0.05) is 12.1 Å². The highest BCUT2D eigenvalue weighted by Crippen LogP contribution is 2.17. The van der Waals surface area contributed by atoms with Crippen LogP contribution in [0.4, 0.5) is 0 Å². The molecule has 0 saturated carbocycles. The number of hydrogen-bond acceptors (Lipinski definition) is 5. The second-order valence-electron chi connectivity index (χ2n) is 6.37. The second-order valence-corrected chi connectivity index (χ2v) is 6.37. The quantitative estimate of drug-likeness (QED) is 0.423. The molecule has 3 aromatic carbocycles. The normalized spacial score (nSPS) is 10.6. The molecule has 0 heterocycles. The molecule has 0 unspecified atom stereocenters. The Morgan fingerprint density at radius 3 is 2.33 bits per heavy atom. The maximum absolute atomic E-state index is 12.2. The molecule has 0 spiro atoms. The van der Waals surface area contributed by atoms with Gasteiger partial charge in [0.2, 0.25) is 0 Å². The summed E-state index contributed by atoms with van der Waals surface area (Å²) in [6, 6.07) is 22.0. The van der Waals surface area contributed by atoms with Crippen LogP contribution in [0.2, 0.25) is 0 Å². The zero-order chi connectivity index (χ0) is 21.2. The summed E-state index contributed by atoms with van der Waals surface area (Å²) < 4.78 is 16.4. The molecule has 6 nitrogen and oxygen atoms in total. The van der Waals surface area contributed by atoms with E-state index in [4.69, 9.17) is 14.2 Å². The van der Waals surface area contributed by atoms with E-state index in [1.807, 2.05) is 55.5 Å². The van der Waals surface area contributed by atoms with E-state index in [0.717, 1.165) is 22.6 Å². The summed E-state index contributed by atoms with van der Waals surface area (Å²) >= 11 is 0. The van der Waals surface area contributed by atoms with Crippen molar-refractivity contribution < 1.29 is 19.0 Å². The predicted octanol–water partition coefficient (Wildman–Crippen LogP) is 4.44. The molecule has 0 fully saturated rings. The highest BCUT2D eigenvalue weighted by Gasteiger charge is 2.05. The van der Waals surface area contributed by atoms with Gasteiger partial charge in [-0.15, -0.1) is 0 Å². The zero-order valence-electron chi connectivity index (χ0n) is 17.0. The van der Waals surface area contributed by atoms with Crippen LogP contribution in [0.25, 0.3) is 0 Å². The Balaban J connectivity index is 1.50. The molecule has 30 heavy (non-hydrogen) atoms. The SMILES string of the molecule is CCOc1ccc(/C=N/NC(=O)c2ccc(OCc3cccc(OC)c3)cc2)cc1. The first-order valence-corrected chi connectivity index (χ1v) is 9.60. The first kappa shape index (κ1) is 20.9. The van der Waals surface area contributed by atoms with E-state index in [1.165, 1.54) is 0 Å². The molecule has 3 aromatic rings. The standard InChI is InChI=1S/C24H24N2O4/c1-3-29-21-11-7-18(8-12-21)16-25-26-24(27)20-9-13-22(14-10-20)30-17-19-5-4-6-23(15-19)28-2/h4-16H,3,17H2,1-2H3,(H,26,27)/b25-16+. The van der Waals surface area contributed by atoms with Crippen molar-refractivity contribution in [2.45, 2.75) is 13.5 Å². The Labute approximate surface area is 176 Å². The fourth-order valence-electron chi connectivity index (χ4n) is 2.68. The maximum Gasteiger partial charge on any atom is 0.271 e. The monoisotopic (exact) mass is 404 g/mol. The van der Waals surface area contributed by atoms with E-state index >= 15 is 0 Å². The maximum atomic E-state index is 12.2. The lowest BCUT2D eigenvalue weighted by Gasteiger charge is -2.08. The molecule has 154 valence electrons. The van der Waals surface area contributed by atoms with Crippen molar-refractivity contribution in [3.8, 4) is 17.2 Å². The fraction of sp³-hybridized carbons (Fsp3) is 0.167. The van der Waals surface area contributed by atoms with Gasteiger partial charge in [-0.3, -0.25) is 4.79 Å². The molecule has 1 N–H and O–H groups in total. The van der Waals surface area contributed by atoms with E-state index in [2.05, 4.69) is 10.5 Å². The average molecular weight is 404 g/mol. The van der Waals surface area contributed by atoms with Crippen molar-refractivity contribution in [2.75, 3.05) is 13.7 Å². The summed E-state index contributed by atoms with van der Waals surface area (Å²) in [5.41, 5.74) is 4.88. The Hall–Kier alpha value is -3.80. The smallest absolute Gasteiger partial charge is 0.271 e. The van der Waals surface area contributed by atoms with Crippen LogP contribution in [0.5, 0.6) is 17.2 Å². The molecule has 0 radical (unpaired) electrons. The van der Waals surface area contributed by atoms with Gasteiger partial charge in [0.1, 0.15) is 23.9 Å². The summed E-state index contributed by atoms with van der Waals surface area (Å²) in [7, 11) is 1.63. The number of hydrogen-bond donors (Lipinski definition) is 1. The molecule has 0 bridgehead atoms. The average Bonchev–Trinajstić information content (AvgIpc) is 2.79. The highest BCUT2D eigenvalue weighted by molar-refractivity contribution is 5.95. The van der Waals surface area contributed by atoms with Crippen LogP contribution in [-0.2, 0) is 6.61 Å². The molecular weight excluding hydrogens is 380 g/mol. The van der Waals surface area contributed by atoms with Gasteiger partial charge in [0.25, 0.3) is 5.91 Å². The summed E-state index contributed by atoms with van der Waals surface area (Å²) in [4.78, 5) is 12.2. The van der Waals surface area contributed by atoms with Gasteiger partial charge in [0.05, 0.1) is 19.9 Å². The van der Waals surface area contributed by atoms with Gasteiger partial charge in [-0.2, -0.15) is 5.10 Å². The lowest BCUT2D eigenvalue weighted by molar-refractivity contribution is 0.0955. The molecule has 0 aliphatic heterocycles. The van der Waals surface area contributed by atoms with E-state index < -0.39 is 0 Å². The molecular formula is C24H24N2O4. The van der Waals surface area contributed by atoms with Crippen molar-refractivity contribution in [1.82, 2.24) is 5.43 Å². The minimum Gasteiger partial charge on any atom is -0.497 e. The number of rotatable bonds is 9. The van der Waals surface area contributed by atoms with Crippen molar-refractivity contribution in [3.05, 3.63) is 89.5 Å². The van der Waals surface area contributed by atoms with Crippen LogP contribution in [-0.4, -0.2) is 25.8 Å². The Bertz CT molecular complexity index is 983. The molecule has 0 aliphatic carbocycles. The van der Waals surface area contributed by atoms with Crippen LogP contribution in [0, 0.1) is 0 Å². The van der Waals surface area contributed by atoms with Crippen LogP contribution in [0.1, 0.15) is 28.4 Å². The number of carbonyl (C=O) groups is 1. The van der Waals surface area contributed by atoms with Crippen molar-refractivity contribution in [1.29, 1.82) is 0 Å². The number of methoxy groups -OCH3 is 1. The number of benzene rings is 3. The van der Waals surface area contributed by atoms with Gasteiger partial charge in [0, 0.05) is 5.56 Å². The van der Waals surface area contributed by atoms with Gasteiger partial charge in [-0.05, 0) is 78.7 Å². The largest absolute Gasteiger partial charge is 0.497 e. The van der Waals surface area contributed by atoms with Crippen LogP contribution < -0.4 is 19.6 Å². The van der Waals surface area contributed by atoms with Gasteiger partial charge >= 0.3 is 0 Å². The van der Waals surface area contributed by atoms with E-state index in [0.29, 0.717) is 24.5 Å². The summed E-state index contributed by atoms with van der Waals surface area (Å²) in [6.45, 7) is 2.97. The molecule has 0 saturated heterocycles. The highest BCUT2D eigenvalue weighted by atomic mass is 16.5. The first-order valence-electron chi connectivity index (χ1n) is 9.60. The number of amides is 1. The van der Waals surface area contributed by atoms with Crippen molar-refractivity contribution in [2.24, 2.45) is 5.10 Å². The Morgan fingerprint density at radius 1 is 0.933 bits per heavy atom. The Morgan fingerprint density at radius 2 is 1.63 bits per heavy atom. The second kappa shape index (κ2) is 10.7. The van der Waals surface area contributed by atoms with E-state index in [-0.39, 0.29) is 5.91 Å². The first-order chi connectivity index (χ1) is 14.7. The van der Waals surface area contributed by atoms with E-state index in [9.17, 15) is 4.79 Å². The number of ether oxygens (including phenoxy) is 3. The van der Waals surface area contributed by atoms with Crippen molar-refractivity contribution >= 4 is 12.1 Å². The molecule has 1 amide bonds. The lowest BCUT2D eigenvalue weighted by atomic mass is 10.2. The number of carbonyl (C=O) groups excluding carboxylic acids is 1. The van der Waals surface area contributed by atoms with Gasteiger partial charge < -0.3 is 14.2 Å². The minimum atomic E-state index is -0.295. The lowest BCUT2D eigenvalue weighted by Crippen LogP contribution is -2.17. The Kier molecular flexibility index (Phi) is 7.44. The van der Waals surface area contributed by atoms with Crippen LogP contribution in [0.3, 0.4) is 0 Å². The van der Waals surface area contributed by atoms with Crippen LogP contribution >= 0.6 is 0 Å². The van der Waals surface area contributed by atoms with Crippen LogP contribution in [0.15, 0.2) is 77.9 Å². The van der Waals surface area contributed by atoms with E-state index in [1.54, 1.807) is 37.6 Å². The third-order valence-corrected chi connectivity index (χ3v) is 4.23. The summed E-state index contributed by atoms with van der Waals surface area (Å²) in [6.07, 6.45) is 1.58. The third-order valence-electron chi connectivity index (χ3n) is 4.23. The number of hydrazone groups is 1. The molecule has 0 aromatic heterocycles. The molecule has 6 heteroatoms. The minimum absolute atomic E-state index is 0.295. The number of nitrogens with zero attached hydrogens (tertiary/aromatic N) is 1. The summed E-state index contributed by atoms with van der Waals surface area (Å²) in [5, 5.41) is 4.00.